The second kappa shape index (κ2) is 7.03. The van der Waals surface area contributed by atoms with Gasteiger partial charge in [-0.15, -0.1) is 0 Å². The Kier molecular flexibility index (Phi) is 5.09. The fourth-order valence-corrected chi connectivity index (χ4v) is 2.37. The molecule has 2 rings (SSSR count). The van der Waals surface area contributed by atoms with Gasteiger partial charge in [-0.1, -0.05) is 6.07 Å². The zero-order chi connectivity index (χ0) is 14.4. The van der Waals surface area contributed by atoms with Gasteiger partial charge in [0.05, 0.1) is 20.8 Å². The maximum absolute atomic E-state index is 6.04. The van der Waals surface area contributed by atoms with Crippen molar-refractivity contribution in [3.8, 4) is 11.5 Å². The maximum Gasteiger partial charge on any atom is 0.191 e. The standard InChI is InChI=1S/C15H23N3O2/c1-19-13-7-6-12(10-14(13)20-2)11-17-15(16)18-8-4-3-5-9-18/h6-7,10H,3-5,8-9,11H2,1-2H3,(H2,16,17). The number of guanidine groups is 1. The Hall–Kier alpha value is -1.91. The maximum atomic E-state index is 6.04. The third kappa shape index (κ3) is 3.56. The SMILES string of the molecule is COc1ccc(CN=C(N)N2CCCCC2)cc1OC. The molecule has 0 aromatic heterocycles. The van der Waals surface area contributed by atoms with Crippen molar-refractivity contribution in [2.45, 2.75) is 25.8 Å². The van der Waals surface area contributed by atoms with Crippen molar-refractivity contribution in [3.05, 3.63) is 23.8 Å². The number of likely N-dealkylation sites (tertiary alicyclic amines) is 1. The van der Waals surface area contributed by atoms with E-state index < -0.39 is 0 Å². The number of nitrogens with zero attached hydrogens (tertiary/aromatic N) is 2. The molecule has 0 spiro atoms. The first-order valence-corrected chi connectivity index (χ1v) is 7.00. The third-order valence-electron chi connectivity index (χ3n) is 3.55. The van der Waals surface area contributed by atoms with Crippen molar-refractivity contribution < 1.29 is 9.47 Å². The summed E-state index contributed by atoms with van der Waals surface area (Å²) in [5.74, 6) is 2.08. The number of benzene rings is 1. The van der Waals surface area contributed by atoms with Crippen LogP contribution in [-0.2, 0) is 6.54 Å². The van der Waals surface area contributed by atoms with Crippen LogP contribution in [-0.4, -0.2) is 38.2 Å². The second-order valence-electron chi connectivity index (χ2n) is 4.91. The summed E-state index contributed by atoms with van der Waals surface area (Å²) in [7, 11) is 3.26. The van der Waals surface area contributed by atoms with Crippen LogP contribution in [0, 0.1) is 0 Å². The predicted molar refractivity (Wildman–Crippen MR) is 80.3 cm³/mol. The molecule has 5 nitrogen and oxygen atoms in total. The lowest BCUT2D eigenvalue weighted by Crippen LogP contribution is -2.40. The zero-order valence-electron chi connectivity index (χ0n) is 12.3. The van der Waals surface area contributed by atoms with E-state index in [1.807, 2.05) is 18.2 Å². The van der Waals surface area contributed by atoms with Crippen LogP contribution >= 0.6 is 0 Å². The molecule has 0 amide bonds. The van der Waals surface area contributed by atoms with E-state index in [0.29, 0.717) is 12.5 Å². The number of hydrogen-bond donors (Lipinski definition) is 1. The molecule has 0 radical (unpaired) electrons. The number of rotatable bonds is 4. The van der Waals surface area contributed by atoms with Gasteiger partial charge in [-0.3, -0.25) is 0 Å². The van der Waals surface area contributed by atoms with Crippen LogP contribution in [0.2, 0.25) is 0 Å². The highest BCUT2D eigenvalue weighted by Crippen LogP contribution is 2.27. The molecule has 20 heavy (non-hydrogen) atoms. The summed E-state index contributed by atoms with van der Waals surface area (Å²) >= 11 is 0. The molecule has 1 aromatic rings. The van der Waals surface area contributed by atoms with E-state index in [1.165, 1.54) is 19.3 Å². The van der Waals surface area contributed by atoms with E-state index in [2.05, 4.69) is 9.89 Å². The Bertz CT molecular complexity index is 468. The molecule has 0 aliphatic carbocycles. The minimum absolute atomic E-state index is 0.558. The minimum Gasteiger partial charge on any atom is -0.493 e. The monoisotopic (exact) mass is 277 g/mol. The molecular formula is C15H23N3O2. The van der Waals surface area contributed by atoms with Crippen molar-refractivity contribution in [1.82, 2.24) is 4.90 Å². The van der Waals surface area contributed by atoms with Gasteiger partial charge in [0.15, 0.2) is 17.5 Å². The molecular weight excluding hydrogens is 254 g/mol. The van der Waals surface area contributed by atoms with Crippen LogP contribution < -0.4 is 15.2 Å². The molecule has 0 bridgehead atoms. The Labute approximate surface area is 120 Å². The average molecular weight is 277 g/mol. The van der Waals surface area contributed by atoms with E-state index in [1.54, 1.807) is 14.2 Å². The van der Waals surface area contributed by atoms with Gasteiger partial charge >= 0.3 is 0 Å². The lowest BCUT2D eigenvalue weighted by molar-refractivity contribution is 0.338. The Morgan fingerprint density at radius 1 is 1.15 bits per heavy atom. The van der Waals surface area contributed by atoms with Crippen LogP contribution in [0.5, 0.6) is 11.5 Å². The molecule has 1 aliphatic heterocycles. The Morgan fingerprint density at radius 2 is 1.85 bits per heavy atom. The summed E-state index contributed by atoms with van der Waals surface area (Å²) in [6.45, 7) is 2.59. The number of piperidine rings is 1. The number of ether oxygens (including phenoxy) is 2. The normalized spacial score (nSPS) is 16.1. The van der Waals surface area contributed by atoms with Crippen LogP contribution in [0.15, 0.2) is 23.2 Å². The summed E-state index contributed by atoms with van der Waals surface area (Å²) in [6.07, 6.45) is 3.69. The zero-order valence-corrected chi connectivity index (χ0v) is 12.3. The lowest BCUT2D eigenvalue weighted by Gasteiger charge is -2.27. The van der Waals surface area contributed by atoms with Gasteiger partial charge in [0.1, 0.15) is 0 Å². The summed E-state index contributed by atoms with van der Waals surface area (Å²) < 4.78 is 10.5. The first-order valence-electron chi connectivity index (χ1n) is 7.00. The van der Waals surface area contributed by atoms with Crippen molar-refractivity contribution >= 4 is 5.96 Å². The molecule has 0 unspecified atom stereocenters. The summed E-state index contributed by atoms with van der Waals surface area (Å²) in [5.41, 5.74) is 7.10. The fourth-order valence-electron chi connectivity index (χ4n) is 2.37. The minimum atomic E-state index is 0.558. The highest BCUT2D eigenvalue weighted by Gasteiger charge is 2.11. The number of aliphatic imine (C=N–C) groups is 1. The van der Waals surface area contributed by atoms with E-state index in [-0.39, 0.29) is 0 Å². The predicted octanol–water partition coefficient (Wildman–Crippen LogP) is 2.00. The highest BCUT2D eigenvalue weighted by molar-refractivity contribution is 5.78. The molecule has 1 aliphatic rings. The van der Waals surface area contributed by atoms with Crippen LogP contribution in [0.1, 0.15) is 24.8 Å². The smallest absolute Gasteiger partial charge is 0.191 e. The molecule has 110 valence electrons. The van der Waals surface area contributed by atoms with Crippen molar-refractivity contribution in [2.75, 3.05) is 27.3 Å². The summed E-state index contributed by atoms with van der Waals surface area (Å²) in [6, 6.07) is 5.81. The summed E-state index contributed by atoms with van der Waals surface area (Å²) in [4.78, 5) is 6.63. The van der Waals surface area contributed by atoms with Crippen molar-refractivity contribution in [1.29, 1.82) is 0 Å². The lowest BCUT2D eigenvalue weighted by atomic mass is 10.1. The molecule has 2 N–H and O–H groups in total. The molecule has 5 heteroatoms. The molecule has 1 fully saturated rings. The topological polar surface area (TPSA) is 60.1 Å². The fraction of sp³-hybridized carbons (Fsp3) is 0.533. The first-order chi connectivity index (χ1) is 9.74. The summed E-state index contributed by atoms with van der Waals surface area (Å²) in [5, 5.41) is 0. The number of hydrogen-bond acceptors (Lipinski definition) is 3. The molecule has 0 atom stereocenters. The molecule has 0 saturated carbocycles. The van der Waals surface area contributed by atoms with Gasteiger partial charge in [-0.05, 0) is 37.0 Å². The van der Waals surface area contributed by atoms with Gasteiger partial charge in [-0.25, -0.2) is 4.99 Å². The van der Waals surface area contributed by atoms with Gasteiger partial charge < -0.3 is 20.1 Å². The van der Waals surface area contributed by atoms with Crippen LogP contribution in [0.4, 0.5) is 0 Å². The van der Waals surface area contributed by atoms with Gasteiger partial charge in [0.2, 0.25) is 0 Å². The van der Waals surface area contributed by atoms with Crippen molar-refractivity contribution in [2.24, 2.45) is 10.7 Å². The third-order valence-corrected chi connectivity index (χ3v) is 3.55. The highest BCUT2D eigenvalue weighted by atomic mass is 16.5. The van der Waals surface area contributed by atoms with E-state index >= 15 is 0 Å². The number of nitrogens with two attached hydrogens (primary N) is 1. The average Bonchev–Trinajstić information content (AvgIpc) is 2.53. The van der Waals surface area contributed by atoms with Crippen LogP contribution in [0.25, 0.3) is 0 Å². The van der Waals surface area contributed by atoms with E-state index in [0.717, 1.165) is 30.2 Å². The quantitative estimate of drug-likeness (QED) is 0.675. The largest absolute Gasteiger partial charge is 0.493 e. The van der Waals surface area contributed by atoms with Gasteiger partial charge in [-0.2, -0.15) is 0 Å². The number of methoxy groups -OCH3 is 2. The van der Waals surface area contributed by atoms with E-state index in [9.17, 15) is 0 Å². The molecule has 1 saturated heterocycles. The molecule has 1 aromatic carbocycles. The Balaban J connectivity index is 2.02. The first kappa shape index (κ1) is 14.5. The van der Waals surface area contributed by atoms with Crippen LogP contribution in [0.3, 0.4) is 0 Å². The van der Waals surface area contributed by atoms with E-state index in [4.69, 9.17) is 15.2 Å². The van der Waals surface area contributed by atoms with Gasteiger partial charge in [0.25, 0.3) is 0 Å². The van der Waals surface area contributed by atoms with Crippen molar-refractivity contribution in [3.63, 3.8) is 0 Å². The second-order valence-corrected chi connectivity index (χ2v) is 4.91. The van der Waals surface area contributed by atoms with Gasteiger partial charge in [0, 0.05) is 13.1 Å². The Morgan fingerprint density at radius 3 is 2.50 bits per heavy atom. The molecule has 1 heterocycles.